The summed E-state index contributed by atoms with van der Waals surface area (Å²) in [4.78, 5) is 0. The molecule has 0 fully saturated rings. The van der Waals surface area contributed by atoms with Crippen LogP contribution in [0.4, 0.5) is 0 Å². The minimum atomic E-state index is 0.573. The Kier molecular flexibility index (Phi) is 2.88. The van der Waals surface area contributed by atoms with Gasteiger partial charge in [0.25, 0.3) is 0 Å². The highest BCUT2D eigenvalue weighted by molar-refractivity contribution is 5.36. The number of hydrogen-bond acceptors (Lipinski definition) is 2. The van der Waals surface area contributed by atoms with Crippen molar-refractivity contribution in [3.8, 4) is 17.2 Å². The fourth-order valence-electron chi connectivity index (χ4n) is 1.24. The van der Waals surface area contributed by atoms with Gasteiger partial charge in [0.15, 0.2) is 7.11 Å². The molecule has 2 radical (unpaired) electrons. The second-order valence-corrected chi connectivity index (χ2v) is 3.01. The average molecular weight is 198 g/mol. The Bertz CT molecular complexity index is 424. The van der Waals surface area contributed by atoms with E-state index in [4.69, 9.17) is 11.8 Å². The smallest absolute Gasteiger partial charge is 0.180 e. The van der Waals surface area contributed by atoms with E-state index < -0.39 is 0 Å². The second kappa shape index (κ2) is 4.51. The summed E-state index contributed by atoms with van der Waals surface area (Å²) in [6.45, 7) is 0. The monoisotopic (exact) mass is 198 g/mol. The number of ether oxygens (including phenoxy) is 2. The van der Waals surface area contributed by atoms with Crippen LogP contribution in [0, 0.1) is 7.11 Å². The lowest BCUT2D eigenvalue weighted by atomic mass is 10.3. The van der Waals surface area contributed by atoms with E-state index in [1.807, 2.05) is 42.5 Å². The standard InChI is InChI=1S/C13H10O2/c1-14-12-8-5-9-13(10-12)15-11-6-3-2-4-7-11/h1-10H. The molecule has 0 heterocycles. The lowest BCUT2D eigenvalue weighted by Crippen LogP contribution is -1.84. The molecule has 0 bridgehead atoms. The molecule has 0 atom stereocenters. The molecule has 74 valence electrons. The summed E-state index contributed by atoms with van der Waals surface area (Å²) in [5.74, 6) is 2.05. The van der Waals surface area contributed by atoms with Gasteiger partial charge in [0.05, 0.1) is 0 Å². The molecule has 2 nitrogen and oxygen atoms in total. The molecule has 2 rings (SSSR count). The summed E-state index contributed by atoms with van der Waals surface area (Å²) in [6, 6.07) is 16.7. The summed E-state index contributed by atoms with van der Waals surface area (Å²) in [5.41, 5.74) is 0. The number of benzene rings is 2. The van der Waals surface area contributed by atoms with Gasteiger partial charge in [-0.25, -0.2) is 0 Å². The third-order valence-corrected chi connectivity index (χ3v) is 1.92. The third-order valence-electron chi connectivity index (χ3n) is 1.92. The molecule has 0 aliphatic carbocycles. The van der Waals surface area contributed by atoms with Crippen LogP contribution < -0.4 is 9.47 Å². The Labute approximate surface area is 89.1 Å². The van der Waals surface area contributed by atoms with Gasteiger partial charge in [0, 0.05) is 6.07 Å². The molecule has 2 heteroatoms. The van der Waals surface area contributed by atoms with Crippen molar-refractivity contribution in [1.82, 2.24) is 0 Å². The Hall–Kier alpha value is -1.96. The number of hydrogen-bond donors (Lipinski definition) is 0. The Morgan fingerprint density at radius 2 is 1.40 bits per heavy atom. The highest BCUT2D eigenvalue weighted by Crippen LogP contribution is 2.24. The van der Waals surface area contributed by atoms with Crippen molar-refractivity contribution in [1.29, 1.82) is 0 Å². The van der Waals surface area contributed by atoms with Crippen molar-refractivity contribution in [3.05, 3.63) is 61.7 Å². The maximum absolute atomic E-state index is 5.59. The molecule has 0 saturated heterocycles. The van der Waals surface area contributed by atoms with Crippen LogP contribution in [0.15, 0.2) is 54.6 Å². The van der Waals surface area contributed by atoms with Gasteiger partial charge in [0.2, 0.25) is 0 Å². The van der Waals surface area contributed by atoms with Crippen LogP contribution in [0.25, 0.3) is 0 Å². The molecule has 0 aromatic heterocycles. The molecule has 0 saturated carbocycles. The molecular weight excluding hydrogens is 188 g/mol. The molecular formula is C13H10O2. The van der Waals surface area contributed by atoms with Gasteiger partial charge in [0.1, 0.15) is 17.2 Å². The molecule has 0 unspecified atom stereocenters. The van der Waals surface area contributed by atoms with Crippen molar-refractivity contribution in [2.75, 3.05) is 0 Å². The summed E-state index contributed by atoms with van der Waals surface area (Å²) < 4.78 is 10.2. The molecule has 0 amide bonds. The van der Waals surface area contributed by atoms with E-state index >= 15 is 0 Å². The van der Waals surface area contributed by atoms with Gasteiger partial charge in [-0.2, -0.15) is 0 Å². The molecule has 0 aliphatic rings. The van der Waals surface area contributed by atoms with E-state index in [1.165, 1.54) is 0 Å². The zero-order valence-corrected chi connectivity index (χ0v) is 8.09. The van der Waals surface area contributed by atoms with E-state index in [2.05, 4.69) is 4.74 Å². The average Bonchev–Trinajstić information content (AvgIpc) is 2.31. The molecule has 0 N–H and O–H groups in total. The van der Waals surface area contributed by atoms with Gasteiger partial charge in [-0.3, -0.25) is 0 Å². The van der Waals surface area contributed by atoms with Gasteiger partial charge >= 0.3 is 0 Å². The first kappa shape index (κ1) is 9.59. The van der Waals surface area contributed by atoms with Crippen LogP contribution >= 0.6 is 0 Å². The van der Waals surface area contributed by atoms with Crippen LogP contribution in [0.2, 0.25) is 0 Å². The Balaban J connectivity index is 2.17. The summed E-state index contributed by atoms with van der Waals surface area (Å²) in [5, 5.41) is 0. The van der Waals surface area contributed by atoms with E-state index in [1.54, 1.807) is 12.1 Å². The third kappa shape index (κ3) is 2.50. The van der Waals surface area contributed by atoms with Crippen molar-refractivity contribution in [2.45, 2.75) is 0 Å². The summed E-state index contributed by atoms with van der Waals surface area (Å²) >= 11 is 0. The van der Waals surface area contributed by atoms with Crippen molar-refractivity contribution >= 4 is 0 Å². The maximum atomic E-state index is 5.59. The Morgan fingerprint density at radius 3 is 2.13 bits per heavy atom. The first-order valence-corrected chi connectivity index (χ1v) is 4.58. The zero-order chi connectivity index (χ0) is 10.5. The minimum Gasteiger partial charge on any atom is -0.482 e. The van der Waals surface area contributed by atoms with Gasteiger partial charge < -0.3 is 9.47 Å². The second-order valence-electron chi connectivity index (χ2n) is 3.01. The predicted octanol–water partition coefficient (Wildman–Crippen LogP) is 3.53. The van der Waals surface area contributed by atoms with Crippen molar-refractivity contribution in [3.63, 3.8) is 0 Å². The topological polar surface area (TPSA) is 18.5 Å². The largest absolute Gasteiger partial charge is 0.482 e. The lowest BCUT2D eigenvalue weighted by Gasteiger charge is -2.06. The zero-order valence-electron chi connectivity index (χ0n) is 8.09. The molecule has 2 aromatic carbocycles. The van der Waals surface area contributed by atoms with Crippen LogP contribution in [0.5, 0.6) is 17.2 Å². The fraction of sp³-hybridized carbons (Fsp3) is 0. The maximum Gasteiger partial charge on any atom is 0.180 e. The SMILES string of the molecule is [CH]Oc1cccc(Oc2ccccc2)c1. The van der Waals surface area contributed by atoms with Crippen LogP contribution in [-0.2, 0) is 0 Å². The molecule has 0 aliphatic heterocycles. The quantitative estimate of drug-likeness (QED) is 0.751. The van der Waals surface area contributed by atoms with E-state index in [9.17, 15) is 0 Å². The lowest BCUT2D eigenvalue weighted by molar-refractivity contribution is 0.455. The van der Waals surface area contributed by atoms with Crippen molar-refractivity contribution < 1.29 is 9.47 Å². The highest BCUT2D eigenvalue weighted by Gasteiger charge is 1.97. The molecule has 0 spiro atoms. The highest BCUT2D eigenvalue weighted by atomic mass is 16.5. The molecule has 2 aromatic rings. The van der Waals surface area contributed by atoms with Gasteiger partial charge in [-0.05, 0) is 24.3 Å². The fourth-order valence-corrected chi connectivity index (χ4v) is 1.24. The first-order valence-electron chi connectivity index (χ1n) is 4.58. The van der Waals surface area contributed by atoms with E-state index in [0.29, 0.717) is 11.5 Å². The van der Waals surface area contributed by atoms with E-state index in [0.717, 1.165) is 5.75 Å². The normalized spacial score (nSPS) is 9.67. The van der Waals surface area contributed by atoms with Gasteiger partial charge in [-0.15, -0.1) is 0 Å². The summed E-state index contributed by atoms with van der Waals surface area (Å²) in [6.07, 6.45) is 0. The number of para-hydroxylation sites is 1. The van der Waals surface area contributed by atoms with Gasteiger partial charge in [-0.1, -0.05) is 24.3 Å². The number of rotatable bonds is 3. The van der Waals surface area contributed by atoms with Crippen LogP contribution in [0.3, 0.4) is 0 Å². The predicted molar refractivity (Wildman–Crippen MR) is 57.9 cm³/mol. The minimum absolute atomic E-state index is 0.573. The van der Waals surface area contributed by atoms with Crippen LogP contribution in [0.1, 0.15) is 0 Å². The Morgan fingerprint density at radius 1 is 0.733 bits per heavy atom. The molecule has 15 heavy (non-hydrogen) atoms. The first-order chi connectivity index (χ1) is 7.38. The van der Waals surface area contributed by atoms with E-state index in [-0.39, 0.29) is 0 Å². The van der Waals surface area contributed by atoms with Crippen molar-refractivity contribution in [2.24, 2.45) is 0 Å². The summed E-state index contributed by atoms with van der Waals surface area (Å²) in [7, 11) is 5.06. The van der Waals surface area contributed by atoms with Crippen LogP contribution in [-0.4, -0.2) is 0 Å².